The Morgan fingerprint density at radius 3 is 2.93 bits per heavy atom. The molecule has 1 aliphatic rings. The van der Waals surface area contributed by atoms with Gasteiger partial charge in [-0.1, -0.05) is 30.0 Å². The normalized spacial score (nSPS) is 19.8. The maximum atomic E-state index is 11.1. The fourth-order valence-electron chi connectivity index (χ4n) is 0.772. The second-order valence-electron chi connectivity index (χ2n) is 2.48. The Hall–Kier alpha value is -1.36. The van der Waals surface area contributed by atoms with E-state index in [1.165, 1.54) is 17.8 Å². The van der Waals surface area contributed by atoms with Crippen LogP contribution < -0.4 is 5.32 Å². The van der Waals surface area contributed by atoms with Crippen molar-refractivity contribution in [2.24, 2.45) is 4.99 Å². The van der Waals surface area contributed by atoms with Gasteiger partial charge in [0.25, 0.3) is 5.91 Å². The van der Waals surface area contributed by atoms with Gasteiger partial charge in [-0.25, -0.2) is 0 Å². The van der Waals surface area contributed by atoms with Crippen molar-refractivity contribution < 1.29 is 9.59 Å². The Balaban J connectivity index is 2.51. The lowest BCUT2D eigenvalue weighted by atomic mass is 10.4. The van der Waals surface area contributed by atoms with E-state index in [0.29, 0.717) is 10.9 Å². The predicted molar refractivity (Wildman–Crippen MR) is 57.0 cm³/mol. The van der Waals surface area contributed by atoms with E-state index < -0.39 is 0 Å². The van der Waals surface area contributed by atoms with Gasteiger partial charge in [-0.15, -0.1) is 0 Å². The number of carbonyl (C=O) groups excluding carboxylic acids is 2. The minimum atomic E-state index is -0.368. The van der Waals surface area contributed by atoms with Crippen LogP contribution in [0.25, 0.3) is 0 Å². The Labute approximate surface area is 86.2 Å². The number of carbonyl (C=O) groups is 2. The van der Waals surface area contributed by atoms with E-state index in [0.717, 1.165) is 0 Å². The Bertz CT molecular complexity index is 332. The zero-order valence-electron chi connectivity index (χ0n) is 7.69. The second kappa shape index (κ2) is 5.39. The molecule has 5 heteroatoms. The van der Waals surface area contributed by atoms with Crippen molar-refractivity contribution in [3.05, 3.63) is 24.3 Å². The van der Waals surface area contributed by atoms with E-state index in [2.05, 4.69) is 10.3 Å². The SMILES string of the molecule is C/C=C/C=C/C(=O)N=C1NC(=O)CS1. The number of allylic oxidation sites excluding steroid dienone is 3. The molecule has 14 heavy (non-hydrogen) atoms. The van der Waals surface area contributed by atoms with Gasteiger partial charge in [0.2, 0.25) is 5.91 Å². The molecule has 0 aromatic rings. The number of hydrogen-bond donors (Lipinski definition) is 1. The average Bonchev–Trinajstić information content (AvgIpc) is 2.52. The summed E-state index contributed by atoms with van der Waals surface area (Å²) in [6.45, 7) is 1.85. The molecule has 0 radical (unpaired) electrons. The van der Waals surface area contributed by atoms with Crippen LogP contribution in [-0.2, 0) is 9.59 Å². The minimum Gasteiger partial charge on any atom is -0.304 e. The number of hydrogen-bond acceptors (Lipinski definition) is 3. The predicted octanol–water partition coefficient (Wildman–Crippen LogP) is 0.864. The van der Waals surface area contributed by atoms with Gasteiger partial charge in [0.05, 0.1) is 5.75 Å². The molecule has 0 saturated carbocycles. The third-order valence-electron chi connectivity index (χ3n) is 1.34. The molecule has 0 aromatic heterocycles. The van der Waals surface area contributed by atoms with Crippen LogP contribution in [0.3, 0.4) is 0 Å². The van der Waals surface area contributed by atoms with Crippen molar-refractivity contribution in [3.63, 3.8) is 0 Å². The summed E-state index contributed by atoms with van der Waals surface area (Å²) in [5, 5.41) is 2.86. The number of rotatable bonds is 2. The summed E-state index contributed by atoms with van der Waals surface area (Å²) >= 11 is 1.23. The number of aliphatic imine (C=N–C) groups is 1. The van der Waals surface area contributed by atoms with E-state index in [4.69, 9.17) is 0 Å². The molecule has 0 aromatic carbocycles. The number of thioether (sulfide) groups is 1. The number of nitrogens with zero attached hydrogens (tertiary/aromatic N) is 1. The molecule has 2 amide bonds. The van der Waals surface area contributed by atoms with Gasteiger partial charge >= 0.3 is 0 Å². The first-order valence-electron chi connectivity index (χ1n) is 4.07. The van der Waals surface area contributed by atoms with E-state index in [-0.39, 0.29) is 11.8 Å². The molecule has 0 atom stereocenters. The molecule has 1 rings (SSSR count). The van der Waals surface area contributed by atoms with Gasteiger partial charge in [0.1, 0.15) is 0 Å². The quantitative estimate of drug-likeness (QED) is 0.543. The molecule has 74 valence electrons. The van der Waals surface area contributed by atoms with Gasteiger partial charge in [0, 0.05) is 6.08 Å². The Kier molecular flexibility index (Phi) is 4.12. The number of nitrogens with one attached hydrogen (secondary N) is 1. The highest BCUT2D eigenvalue weighted by atomic mass is 32.2. The molecular formula is C9H10N2O2S. The van der Waals surface area contributed by atoms with Crippen molar-refractivity contribution in [1.82, 2.24) is 5.32 Å². The van der Waals surface area contributed by atoms with Gasteiger partial charge < -0.3 is 5.32 Å². The van der Waals surface area contributed by atoms with Crippen LogP contribution in [0.2, 0.25) is 0 Å². The second-order valence-corrected chi connectivity index (χ2v) is 3.44. The van der Waals surface area contributed by atoms with E-state index >= 15 is 0 Å². The highest BCUT2D eigenvalue weighted by Gasteiger charge is 2.16. The van der Waals surface area contributed by atoms with Crippen LogP contribution in [0, 0.1) is 0 Å². The van der Waals surface area contributed by atoms with E-state index in [1.54, 1.807) is 12.2 Å². The van der Waals surface area contributed by atoms with E-state index in [9.17, 15) is 9.59 Å². The molecule has 1 aliphatic heterocycles. The zero-order chi connectivity index (χ0) is 10.4. The Morgan fingerprint density at radius 1 is 1.57 bits per heavy atom. The van der Waals surface area contributed by atoms with Crippen LogP contribution in [0.15, 0.2) is 29.3 Å². The smallest absolute Gasteiger partial charge is 0.272 e. The third-order valence-corrected chi connectivity index (χ3v) is 2.21. The lowest BCUT2D eigenvalue weighted by Crippen LogP contribution is -2.20. The lowest BCUT2D eigenvalue weighted by Gasteiger charge is -1.90. The monoisotopic (exact) mass is 210 g/mol. The number of amidine groups is 1. The maximum absolute atomic E-state index is 11.1. The molecule has 1 heterocycles. The molecular weight excluding hydrogens is 200 g/mol. The van der Waals surface area contributed by atoms with Gasteiger partial charge in [-0.05, 0) is 6.92 Å². The first kappa shape index (κ1) is 10.7. The molecule has 0 bridgehead atoms. The highest BCUT2D eigenvalue weighted by Crippen LogP contribution is 2.08. The molecule has 1 saturated heterocycles. The first-order chi connectivity index (χ1) is 6.72. The van der Waals surface area contributed by atoms with Crippen molar-refractivity contribution in [2.75, 3.05) is 5.75 Å². The zero-order valence-corrected chi connectivity index (χ0v) is 8.50. The summed E-state index contributed by atoms with van der Waals surface area (Å²) in [5.74, 6) is -0.142. The molecule has 1 fully saturated rings. The van der Waals surface area contributed by atoms with Crippen molar-refractivity contribution >= 4 is 28.7 Å². The maximum Gasteiger partial charge on any atom is 0.272 e. The summed E-state index contributed by atoms with van der Waals surface area (Å²) in [6.07, 6.45) is 6.49. The molecule has 4 nitrogen and oxygen atoms in total. The molecule has 0 aliphatic carbocycles. The van der Waals surface area contributed by atoms with Crippen LogP contribution in [0.5, 0.6) is 0 Å². The van der Waals surface area contributed by atoms with Crippen LogP contribution in [0.4, 0.5) is 0 Å². The van der Waals surface area contributed by atoms with Crippen LogP contribution in [-0.4, -0.2) is 22.7 Å². The van der Waals surface area contributed by atoms with Gasteiger partial charge in [0.15, 0.2) is 5.17 Å². The molecule has 0 unspecified atom stereocenters. The molecule has 0 spiro atoms. The molecule has 1 N–H and O–H groups in total. The fourth-order valence-corrected chi connectivity index (χ4v) is 1.45. The topological polar surface area (TPSA) is 58.5 Å². The largest absolute Gasteiger partial charge is 0.304 e. The van der Waals surface area contributed by atoms with Crippen LogP contribution >= 0.6 is 11.8 Å². The third kappa shape index (κ3) is 3.57. The minimum absolute atomic E-state index is 0.112. The standard InChI is InChI=1S/C9H10N2O2S/c1-2-3-4-5-7(12)10-9-11-8(13)6-14-9/h2-5H,6H2,1H3,(H,10,11,12,13)/b3-2+,5-4+. The van der Waals surface area contributed by atoms with Crippen molar-refractivity contribution in [1.29, 1.82) is 0 Å². The first-order valence-corrected chi connectivity index (χ1v) is 5.05. The highest BCUT2D eigenvalue weighted by molar-refractivity contribution is 8.15. The summed E-state index contributed by atoms with van der Waals surface area (Å²) in [6, 6.07) is 0. The lowest BCUT2D eigenvalue weighted by molar-refractivity contribution is -0.116. The fraction of sp³-hybridized carbons (Fsp3) is 0.222. The van der Waals surface area contributed by atoms with Gasteiger partial charge in [-0.2, -0.15) is 4.99 Å². The van der Waals surface area contributed by atoms with Crippen molar-refractivity contribution in [2.45, 2.75) is 6.92 Å². The summed E-state index contributed by atoms with van der Waals surface area (Å²) in [7, 11) is 0. The number of amides is 2. The average molecular weight is 210 g/mol. The van der Waals surface area contributed by atoms with Crippen LogP contribution in [0.1, 0.15) is 6.92 Å². The summed E-state index contributed by atoms with van der Waals surface area (Å²) in [5.41, 5.74) is 0. The summed E-state index contributed by atoms with van der Waals surface area (Å²) < 4.78 is 0. The Morgan fingerprint density at radius 2 is 2.36 bits per heavy atom. The van der Waals surface area contributed by atoms with Gasteiger partial charge in [-0.3, -0.25) is 9.59 Å². The van der Waals surface area contributed by atoms with Crippen molar-refractivity contribution in [3.8, 4) is 0 Å². The van der Waals surface area contributed by atoms with E-state index in [1.807, 2.05) is 13.0 Å². The summed E-state index contributed by atoms with van der Waals surface area (Å²) in [4.78, 5) is 25.5.